The number of hydrogen-bond acceptors (Lipinski definition) is 3. The molecule has 15 heavy (non-hydrogen) atoms. The number of rotatable bonds is 3. The molecule has 1 aromatic rings. The molecule has 0 saturated heterocycles. The highest BCUT2D eigenvalue weighted by molar-refractivity contribution is 5.83. The van der Waals surface area contributed by atoms with Crippen LogP contribution in [0.1, 0.15) is 21.5 Å². The Hall–Kier alpha value is -1.96. The van der Waals surface area contributed by atoms with Gasteiger partial charge in [-0.15, -0.1) is 0 Å². The first-order chi connectivity index (χ1) is 7.10. The summed E-state index contributed by atoms with van der Waals surface area (Å²) in [6.07, 6.45) is 0.451. The van der Waals surface area contributed by atoms with Crippen molar-refractivity contribution >= 4 is 6.29 Å². The maximum atomic E-state index is 12.0. The van der Waals surface area contributed by atoms with E-state index in [1.807, 2.05) is 0 Å². The third kappa shape index (κ3) is 2.29. The highest BCUT2D eigenvalue weighted by atomic mass is 19.3. The van der Waals surface area contributed by atoms with E-state index >= 15 is 0 Å². The molecule has 0 heterocycles. The van der Waals surface area contributed by atoms with E-state index < -0.39 is 6.61 Å². The van der Waals surface area contributed by atoms with Gasteiger partial charge in [0.15, 0.2) is 6.29 Å². The average molecular weight is 211 g/mol. The molecule has 0 atom stereocenters. The number of hydrogen-bond donors (Lipinski definition) is 0. The lowest BCUT2D eigenvalue weighted by Gasteiger charge is -2.08. The second kappa shape index (κ2) is 4.51. The minimum atomic E-state index is -3.01. The maximum absolute atomic E-state index is 12.0. The van der Waals surface area contributed by atoms with Gasteiger partial charge in [0.05, 0.1) is 0 Å². The molecule has 0 saturated carbocycles. The SMILES string of the molecule is Cc1ccc(OC(F)F)c(C#N)c1C=O. The van der Waals surface area contributed by atoms with Crippen molar-refractivity contribution in [2.45, 2.75) is 13.5 Å². The fourth-order valence-corrected chi connectivity index (χ4v) is 1.17. The van der Waals surface area contributed by atoms with Gasteiger partial charge in [0.2, 0.25) is 0 Å². The van der Waals surface area contributed by atoms with Crippen LogP contribution in [0.15, 0.2) is 12.1 Å². The number of carbonyl (C=O) groups is 1. The third-order valence-corrected chi connectivity index (χ3v) is 1.87. The van der Waals surface area contributed by atoms with Gasteiger partial charge in [0, 0.05) is 5.56 Å². The Bertz CT molecular complexity index is 424. The summed E-state index contributed by atoms with van der Waals surface area (Å²) < 4.78 is 28.0. The van der Waals surface area contributed by atoms with Crippen molar-refractivity contribution in [3.05, 3.63) is 28.8 Å². The van der Waals surface area contributed by atoms with Gasteiger partial charge in [-0.25, -0.2) is 0 Å². The standard InChI is InChI=1S/C10H7F2NO2/c1-6-2-3-9(15-10(11)12)7(4-13)8(6)5-14/h2-3,5,10H,1H3. The fourth-order valence-electron chi connectivity index (χ4n) is 1.17. The molecule has 0 unspecified atom stereocenters. The molecule has 0 aliphatic heterocycles. The van der Waals surface area contributed by atoms with Crippen LogP contribution in [0.25, 0.3) is 0 Å². The lowest BCUT2D eigenvalue weighted by Crippen LogP contribution is -2.05. The van der Waals surface area contributed by atoms with Crippen molar-refractivity contribution in [3.63, 3.8) is 0 Å². The molecule has 0 bridgehead atoms. The zero-order chi connectivity index (χ0) is 11.4. The largest absolute Gasteiger partial charge is 0.433 e. The van der Waals surface area contributed by atoms with Crippen molar-refractivity contribution in [2.24, 2.45) is 0 Å². The van der Waals surface area contributed by atoms with E-state index in [-0.39, 0.29) is 16.9 Å². The molecule has 78 valence electrons. The van der Waals surface area contributed by atoms with E-state index in [0.29, 0.717) is 11.8 Å². The lowest BCUT2D eigenvalue weighted by atomic mass is 10.0. The monoisotopic (exact) mass is 211 g/mol. The summed E-state index contributed by atoms with van der Waals surface area (Å²) in [5.74, 6) is -0.278. The van der Waals surface area contributed by atoms with E-state index in [0.717, 1.165) is 0 Å². The molecule has 0 aromatic heterocycles. The van der Waals surface area contributed by atoms with Crippen LogP contribution in [0.4, 0.5) is 8.78 Å². The smallest absolute Gasteiger partial charge is 0.387 e. The first kappa shape index (κ1) is 11.1. The van der Waals surface area contributed by atoms with Gasteiger partial charge >= 0.3 is 6.61 Å². The highest BCUT2D eigenvalue weighted by Gasteiger charge is 2.14. The van der Waals surface area contributed by atoms with Gasteiger partial charge in [-0.05, 0) is 18.6 Å². The average Bonchev–Trinajstić information content (AvgIpc) is 2.19. The predicted octanol–water partition coefficient (Wildman–Crippen LogP) is 2.28. The molecule has 1 aromatic carbocycles. The second-order valence-corrected chi connectivity index (χ2v) is 2.78. The number of carbonyl (C=O) groups excluding carboxylic acids is 1. The Balaban J connectivity index is 3.30. The third-order valence-electron chi connectivity index (χ3n) is 1.87. The molecular formula is C10H7F2NO2. The number of alkyl halides is 2. The minimum absolute atomic E-state index is 0.0793. The number of aldehydes is 1. The first-order valence-corrected chi connectivity index (χ1v) is 4.03. The van der Waals surface area contributed by atoms with E-state index in [1.165, 1.54) is 12.1 Å². The summed E-state index contributed by atoms with van der Waals surface area (Å²) in [6, 6.07) is 4.36. The van der Waals surface area contributed by atoms with Crippen molar-refractivity contribution < 1.29 is 18.3 Å². The van der Waals surface area contributed by atoms with Crippen molar-refractivity contribution in [1.82, 2.24) is 0 Å². The zero-order valence-corrected chi connectivity index (χ0v) is 7.83. The Morgan fingerprint density at radius 2 is 2.20 bits per heavy atom. The van der Waals surface area contributed by atoms with Crippen LogP contribution in [-0.2, 0) is 0 Å². The number of nitriles is 1. The normalized spacial score (nSPS) is 9.80. The predicted molar refractivity (Wildman–Crippen MR) is 47.9 cm³/mol. The maximum Gasteiger partial charge on any atom is 0.387 e. The summed E-state index contributed by atoms with van der Waals surface area (Å²) in [5.41, 5.74) is 0.462. The van der Waals surface area contributed by atoms with Crippen LogP contribution >= 0.6 is 0 Å². The van der Waals surface area contributed by atoms with Crippen LogP contribution in [0.3, 0.4) is 0 Å². The topological polar surface area (TPSA) is 50.1 Å². The molecule has 1 rings (SSSR count). The van der Waals surface area contributed by atoms with E-state index in [9.17, 15) is 13.6 Å². The Morgan fingerprint density at radius 1 is 1.53 bits per heavy atom. The molecule has 5 heteroatoms. The Kier molecular flexibility index (Phi) is 3.34. The zero-order valence-electron chi connectivity index (χ0n) is 7.83. The lowest BCUT2D eigenvalue weighted by molar-refractivity contribution is -0.0500. The van der Waals surface area contributed by atoms with Crippen molar-refractivity contribution in [1.29, 1.82) is 5.26 Å². The van der Waals surface area contributed by atoms with Gasteiger partial charge in [-0.1, -0.05) is 6.07 Å². The minimum Gasteiger partial charge on any atom is -0.433 e. The molecule has 0 amide bonds. The Morgan fingerprint density at radius 3 is 2.67 bits per heavy atom. The van der Waals surface area contributed by atoms with Crippen molar-refractivity contribution in [3.8, 4) is 11.8 Å². The first-order valence-electron chi connectivity index (χ1n) is 4.03. The summed E-state index contributed by atoms with van der Waals surface area (Å²) in [7, 11) is 0. The van der Waals surface area contributed by atoms with E-state index in [1.54, 1.807) is 13.0 Å². The van der Waals surface area contributed by atoms with Gasteiger partial charge in [0.25, 0.3) is 0 Å². The van der Waals surface area contributed by atoms with Crippen LogP contribution in [0.2, 0.25) is 0 Å². The quantitative estimate of drug-likeness (QED) is 0.720. The van der Waals surface area contributed by atoms with Gasteiger partial charge in [0.1, 0.15) is 17.4 Å². The van der Waals surface area contributed by atoms with Crippen LogP contribution in [0, 0.1) is 18.3 Å². The second-order valence-electron chi connectivity index (χ2n) is 2.78. The summed E-state index contributed by atoms with van der Waals surface area (Å²) >= 11 is 0. The van der Waals surface area contributed by atoms with Crippen LogP contribution in [0.5, 0.6) is 5.75 Å². The summed E-state index contributed by atoms with van der Waals surface area (Å²) in [5, 5.41) is 8.73. The van der Waals surface area contributed by atoms with Crippen LogP contribution < -0.4 is 4.74 Å². The molecule has 0 N–H and O–H groups in total. The molecule has 0 spiro atoms. The number of ether oxygens (including phenoxy) is 1. The summed E-state index contributed by atoms with van der Waals surface area (Å²) in [6.45, 7) is -1.41. The van der Waals surface area contributed by atoms with Crippen molar-refractivity contribution in [2.75, 3.05) is 0 Å². The van der Waals surface area contributed by atoms with Gasteiger partial charge in [-0.2, -0.15) is 14.0 Å². The number of benzene rings is 1. The Labute approximate surface area is 84.9 Å². The number of nitrogens with zero attached hydrogens (tertiary/aromatic N) is 1. The number of halogens is 2. The van der Waals surface area contributed by atoms with E-state index in [2.05, 4.69) is 4.74 Å². The van der Waals surface area contributed by atoms with E-state index in [4.69, 9.17) is 5.26 Å². The molecule has 0 aliphatic rings. The molecule has 3 nitrogen and oxygen atoms in total. The van der Waals surface area contributed by atoms with Gasteiger partial charge in [-0.3, -0.25) is 4.79 Å². The number of aryl methyl sites for hydroxylation is 1. The fraction of sp³-hybridized carbons (Fsp3) is 0.200. The molecule has 0 radical (unpaired) electrons. The molecule has 0 aliphatic carbocycles. The molecular weight excluding hydrogens is 204 g/mol. The highest BCUT2D eigenvalue weighted by Crippen LogP contribution is 2.24. The van der Waals surface area contributed by atoms with Crippen LogP contribution in [-0.4, -0.2) is 12.9 Å². The summed E-state index contributed by atoms with van der Waals surface area (Å²) in [4.78, 5) is 10.7. The van der Waals surface area contributed by atoms with Gasteiger partial charge < -0.3 is 4.74 Å². The molecule has 0 fully saturated rings.